The average molecular weight is 991 g/mol. The number of aromatic hydroxyl groups is 1. The quantitative estimate of drug-likeness (QED) is 0.0291. The number of amides is 7. The minimum absolute atomic E-state index is 0. The smallest absolute Gasteiger partial charge is 0.530 e. The normalized spacial score (nSPS) is 23.6. The number of likely N-dealkylation sites (tertiary alicyclic amines) is 2. The van der Waals surface area contributed by atoms with E-state index in [0.717, 1.165) is 36.9 Å². The molecule has 0 saturated carbocycles. The summed E-state index contributed by atoms with van der Waals surface area (Å²) >= 11 is 0. The Balaban J connectivity index is 0.0000112. The van der Waals surface area contributed by atoms with E-state index in [1.807, 2.05) is 5.32 Å². The molecule has 374 valence electrons. The Bertz CT molecular complexity index is 2000. The van der Waals surface area contributed by atoms with Crippen LogP contribution < -0.4 is 66.5 Å². The van der Waals surface area contributed by atoms with Gasteiger partial charge in [0.1, 0.15) is 53.1 Å². The first kappa shape index (κ1) is 60.7. The van der Waals surface area contributed by atoms with Crippen molar-refractivity contribution in [3.05, 3.63) is 23.8 Å². The van der Waals surface area contributed by atoms with Gasteiger partial charge in [-0.1, -0.05) is 19.9 Å². The maximum absolute atomic E-state index is 14.1. The van der Waals surface area contributed by atoms with Gasteiger partial charge in [0, 0.05) is 31.8 Å². The van der Waals surface area contributed by atoms with Crippen LogP contribution in [0.5, 0.6) is 11.5 Å². The van der Waals surface area contributed by atoms with Gasteiger partial charge in [-0.2, -0.15) is 0 Å². The molecule has 2 aliphatic heterocycles. The Morgan fingerprint density at radius 1 is 0.866 bits per heavy atom. The molecule has 2 fully saturated rings. The first-order chi connectivity index (χ1) is 30.2. The Labute approximate surface area is 406 Å². The zero-order valence-electron chi connectivity index (χ0n) is 37.0. The van der Waals surface area contributed by atoms with Crippen molar-refractivity contribution in [2.24, 2.45) is 23.3 Å². The van der Waals surface area contributed by atoms with Gasteiger partial charge in [-0.3, -0.25) is 33.6 Å². The van der Waals surface area contributed by atoms with E-state index in [4.69, 9.17) is 11.5 Å². The van der Waals surface area contributed by atoms with Crippen molar-refractivity contribution in [1.29, 1.82) is 0 Å². The molecule has 7 amide bonds. The van der Waals surface area contributed by atoms with Gasteiger partial charge < -0.3 is 107 Å². The molecular formula is C37H59N8NaO20S. The number of hydrogen-bond donors (Lipinski definition) is 15. The number of rotatable bonds is 22. The molecule has 1 aromatic rings. The van der Waals surface area contributed by atoms with Gasteiger partial charge in [0.05, 0.1) is 48.9 Å². The van der Waals surface area contributed by atoms with E-state index in [-0.39, 0.29) is 53.6 Å². The van der Waals surface area contributed by atoms with Crippen LogP contribution in [0.15, 0.2) is 18.2 Å². The fraction of sp³-hybridized carbons (Fsp3) is 0.649. The van der Waals surface area contributed by atoms with Crippen molar-refractivity contribution >= 4 is 52.3 Å². The number of aliphatic hydroxyl groups excluding tert-OH is 8. The van der Waals surface area contributed by atoms with Crippen LogP contribution in [0.3, 0.4) is 0 Å². The van der Waals surface area contributed by atoms with Gasteiger partial charge in [-0.15, -0.1) is 0 Å². The first-order valence-electron chi connectivity index (χ1n) is 20.0. The third-order valence-electron chi connectivity index (χ3n) is 11.1. The Morgan fingerprint density at radius 3 is 1.99 bits per heavy atom. The number of carbonyl (C=O) groups excluding carboxylic acids is 7. The summed E-state index contributed by atoms with van der Waals surface area (Å²) in [5.74, 6) is -11.7. The van der Waals surface area contributed by atoms with Crippen LogP contribution in [-0.4, -0.2) is 196 Å². The minimum Gasteiger partial charge on any atom is -0.530 e. The zero-order chi connectivity index (χ0) is 49.4. The van der Waals surface area contributed by atoms with Gasteiger partial charge >= 0.3 is 29.6 Å². The van der Waals surface area contributed by atoms with E-state index < -0.39 is 174 Å². The van der Waals surface area contributed by atoms with Crippen molar-refractivity contribution in [3.63, 3.8) is 0 Å². The van der Waals surface area contributed by atoms with Gasteiger partial charge in [0.2, 0.25) is 41.4 Å². The van der Waals surface area contributed by atoms with Crippen LogP contribution in [-0.2, 0) is 53.0 Å². The summed E-state index contributed by atoms with van der Waals surface area (Å²) in [4.78, 5) is 93.1. The van der Waals surface area contributed by atoms with Crippen molar-refractivity contribution in [2.45, 2.75) is 119 Å². The van der Waals surface area contributed by atoms with E-state index in [9.17, 15) is 87.9 Å². The number of likely N-dealkylation sites (N-methyl/N-ethyl adjacent to an activating group) is 1. The van der Waals surface area contributed by atoms with Crippen molar-refractivity contribution < 1.29 is 127 Å². The first-order valence-corrected chi connectivity index (χ1v) is 21.0. The Hall–Kier alpha value is -4.34. The molecule has 0 aromatic heterocycles. The topological polar surface area (TPSA) is 483 Å². The van der Waals surface area contributed by atoms with Crippen LogP contribution in [0, 0.1) is 11.8 Å². The van der Waals surface area contributed by atoms with Crippen molar-refractivity contribution in [2.75, 3.05) is 20.1 Å². The van der Waals surface area contributed by atoms with Crippen LogP contribution in [0.25, 0.3) is 0 Å². The molecule has 0 spiro atoms. The molecule has 19 N–H and O–H groups in total. The number of nitrogens with two attached hydrogens (primary N) is 2. The number of phenolic OH excluding ortho intramolecular Hbond substituents is 1. The molecule has 2 saturated heterocycles. The number of benzene rings is 1. The maximum atomic E-state index is 14.1. The summed E-state index contributed by atoms with van der Waals surface area (Å²) in [5.41, 5.74) is 10.3. The molecule has 28 nitrogen and oxygen atoms in total. The predicted octanol–water partition coefficient (Wildman–Crippen LogP) is -11.8. The number of phenols is 1. The SMILES string of the molecule is CNC(CC(O)C(O)NC(=O)C1C(O)C(C)CN1C(=O)C(NC(=O)C(C)C(O)C(O)c1ccc(O)c(O[S-](=O)=O)c1)C(O)CC(N)=O)C(=O)NC(C(=O)N1CC(O)CC1C(N)=O)C(C)O.O.[Na+]. The fourth-order valence-electron chi connectivity index (χ4n) is 7.34. The summed E-state index contributed by atoms with van der Waals surface area (Å²) in [6.07, 6.45) is -16.4. The maximum Gasteiger partial charge on any atom is 1.00 e. The van der Waals surface area contributed by atoms with Crippen molar-refractivity contribution in [1.82, 2.24) is 31.1 Å². The molecule has 0 bridgehead atoms. The molecule has 2 heterocycles. The molecule has 15 unspecified atom stereocenters. The molecular weight excluding hydrogens is 931 g/mol. The van der Waals surface area contributed by atoms with Crippen LogP contribution in [0.4, 0.5) is 0 Å². The molecule has 0 aliphatic carbocycles. The third-order valence-corrected chi connectivity index (χ3v) is 11.4. The molecule has 15 atom stereocenters. The van der Waals surface area contributed by atoms with Crippen LogP contribution in [0.1, 0.15) is 51.7 Å². The summed E-state index contributed by atoms with van der Waals surface area (Å²) < 4.78 is 26.4. The summed E-state index contributed by atoms with van der Waals surface area (Å²) in [6, 6.07) is -5.49. The predicted molar refractivity (Wildman–Crippen MR) is 220 cm³/mol. The Morgan fingerprint density at radius 2 is 1.45 bits per heavy atom. The molecule has 2 aliphatic rings. The van der Waals surface area contributed by atoms with Gasteiger partial charge in [0.25, 0.3) is 0 Å². The number of nitrogens with zero attached hydrogens (tertiary/aromatic N) is 2. The zero-order valence-corrected chi connectivity index (χ0v) is 39.8. The summed E-state index contributed by atoms with van der Waals surface area (Å²) in [6.45, 7) is 2.90. The largest absolute Gasteiger partial charge is 1.00 e. The summed E-state index contributed by atoms with van der Waals surface area (Å²) in [5, 5.41) is 105. The Kier molecular flexibility index (Phi) is 23.9. The van der Waals surface area contributed by atoms with Gasteiger partial charge in [-0.05, 0) is 31.7 Å². The van der Waals surface area contributed by atoms with Crippen LogP contribution >= 0.6 is 0 Å². The number of primary amides is 2. The summed E-state index contributed by atoms with van der Waals surface area (Å²) in [7, 11) is -1.89. The molecule has 0 radical (unpaired) electrons. The van der Waals surface area contributed by atoms with Gasteiger partial charge in [0.15, 0.2) is 12.0 Å². The molecule has 30 heteroatoms. The van der Waals surface area contributed by atoms with Gasteiger partial charge in [-0.25, -0.2) is 0 Å². The molecule has 3 rings (SSSR count). The second kappa shape index (κ2) is 26.4. The standard InChI is InChI=1S/C37H57N8O19S.Na.H2O/c1-13-11-45(37(61)26(21(49)10-24(38)51)42-32(56)14(2)29(53)30(54)16-5-6-20(48)23(7-16)64-65(62)63)27(28(13)52)35(59)43-34(58)22(50)9-18(40-4)33(57)41-25(15(3)46)36(60)44-12-17(47)8-19(44)31(39)55;;/h5-7,13-15,17-19,21-22,25-30,34,40,46-50,52-54,58H,8-12H2,1-4H3,(H2,38,51)(H2,39,55)(H,41,57)(H,42,56)(H,43,59);;1H2/q-1;+1;. The average Bonchev–Trinajstić information content (AvgIpc) is 3.77. The number of nitrogens with one attached hydrogen (secondary N) is 4. The second-order valence-electron chi connectivity index (χ2n) is 16.0. The van der Waals surface area contributed by atoms with E-state index in [0.29, 0.717) is 4.90 Å². The van der Waals surface area contributed by atoms with E-state index in [1.165, 1.54) is 14.0 Å². The number of aliphatic hydroxyl groups is 8. The van der Waals surface area contributed by atoms with E-state index >= 15 is 0 Å². The monoisotopic (exact) mass is 990 g/mol. The van der Waals surface area contributed by atoms with E-state index in [1.54, 1.807) is 0 Å². The van der Waals surface area contributed by atoms with Crippen molar-refractivity contribution in [3.8, 4) is 11.5 Å². The number of carbonyl (C=O) groups is 7. The second-order valence-corrected chi connectivity index (χ2v) is 16.6. The minimum atomic E-state index is -3.15. The number of β-amino-alcohol motifs (C(OH)–C–C–N with tert-alkyl or cyclic N) is 1. The van der Waals surface area contributed by atoms with Crippen LogP contribution in [0.2, 0.25) is 0 Å². The van der Waals surface area contributed by atoms with E-state index in [2.05, 4.69) is 20.1 Å². The third kappa shape index (κ3) is 15.6. The molecule has 1 aromatic carbocycles. The fourth-order valence-corrected chi connectivity index (χ4v) is 7.62. The number of hydrogen-bond acceptors (Lipinski definition) is 21. The molecule has 67 heavy (non-hydrogen) atoms.